The van der Waals surface area contributed by atoms with Crippen LogP contribution < -0.4 is 15.3 Å². The van der Waals surface area contributed by atoms with Crippen molar-refractivity contribution >= 4 is 52.7 Å². The fourth-order valence-electron chi connectivity index (χ4n) is 4.38. The van der Waals surface area contributed by atoms with Crippen LogP contribution in [0.5, 0.6) is 17.2 Å². The van der Waals surface area contributed by atoms with Crippen LogP contribution in [0.25, 0.3) is 0 Å². The molecule has 2 atom stereocenters. The molecular formula is C22H20BClF2N4O11S. The lowest BCUT2D eigenvalue weighted by Gasteiger charge is -2.31. The Bertz CT molecular complexity index is 1630. The van der Waals surface area contributed by atoms with Gasteiger partial charge in [0.05, 0.1) is 30.3 Å². The fraction of sp³-hybridized carbons (Fsp3) is 0.273. The van der Waals surface area contributed by atoms with Gasteiger partial charge in [-0.1, -0.05) is 17.7 Å². The van der Waals surface area contributed by atoms with Gasteiger partial charge in [0.2, 0.25) is 15.9 Å². The van der Waals surface area contributed by atoms with E-state index in [4.69, 9.17) is 16.3 Å². The van der Waals surface area contributed by atoms with Gasteiger partial charge in [0.15, 0.2) is 11.5 Å². The van der Waals surface area contributed by atoms with Crippen molar-refractivity contribution in [1.29, 1.82) is 0 Å². The highest BCUT2D eigenvalue weighted by molar-refractivity contribution is 7.88. The van der Waals surface area contributed by atoms with Crippen LogP contribution in [0, 0.1) is 11.6 Å². The number of hydrogen-bond donors (Lipinski definition) is 6. The first-order chi connectivity index (χ1) is 19.5. The summed E-state index contributed by atoms with van der Waals surface area (Å²) >= 11 is 5.98. The molecule has 6 N–H and O–H groups in total. The van der Waals surface area contributed by atoms with Crippen LogP contribution in [0.15, 0.2) is 18.2 Å². The van der Waals surface area contributed by atoms with E-state index in [1.54, 1.807) is 0 Å². The number of phenols is 2. The quantitative estimate of drug-likeness (QED) is 0.188. The maximum absolute atomic E-state index is 15.0. The summed E-state index contributed by atoms with van der Waals surface area (Å²) in [6.45, 7) is -0.863. The first-order valence-electron chi connectivity index (χ1n) is 11.7. The predicted octanol–water partition coefficient (Wildman–Crippen LogP) is 0.315. The van der Waals surface area contributed by atoms with E-state index in [9.17, 15) is 52.3 Å². The molecule has 2 aliphatic heterocycles. The number of sulfonamides is 1. The Labute approximate surface area is 240 Å². The van der Waals surface area contributed by atoms with E-state index >= 15 is 4.39 Å². The lowest BCUT2D eigenvalue weighted by molar-refractivity contribution is -0.123. The van der Waals surface area contributed by atoms with Crippen molar-refractivity contribution in [2.75, 3.05) is 19.3 Å². The Kier molecular flexibility index (Phi) is 8.12. The molecule has 0 bridgehead atoms. The molecule has 2 aromatic carbocycles. The minimum atomic E-state index is -4.06. The van der Waals surface area contributed by atoms with Crippen molar-refractivity contribution in [2.45, 2.75) is 18.4 Å². The molecule has 20 heteroatoms. The van der Waals surface area contributed by atoms with Crippen LogP contribution in [0.2, 0.25) is 5.02 Å². The average Bonchev–Trinajstić information content (AvgIpc) is 3.29. The second-order valence-corrected chi connectivity index (χ2v) is 11.4. The van der Waals surface area contributed by atoms with Crippen LogP contribution in [-0.4, -0.2) is 94.3 Å². The standard InChI is InChI=1S/C22H20BClF2N4O11S/c1-42(39,40)30-5-4-29(22(30)37)21(36)28-16(13-10(26)7-11(31)17(32)15(13)24)19(33)27-12-6-8-2-3-9(25)14(20(34)35)18(8)41-23(12)38/h2-3,7,12,16,31-32,38H,4-6H2,1H3,(H,27,33)(H,28,36)(H,34,35)/t12-,16?/m0/s1. The van der Waals surface area contributed by atoms with E-state index in [1.807, 2.05) is 5.32 Å². The lowest BCUT2D eigenvalue weighted by Crippen LogP contribution is -2.56. The minimum Gasteiger partial charge on any atom is -0.534 e. The highest BCUT2D eigenvalue weighted by atomic mass is 35.5. The molecule has 2 heterocycles. The number of carboxylic acids is 1. The third kappa shape index (κ3) is 5.57. The summed E-state index contributed by atoms with van der Waals surface area (Å²) in [4.78, 5) is 50.8. The van der Waals surface area contributed by atoms with Gasteiger partial charge in [0, 0.05) is 11.6 Å². The zero-order valence-corrected chi connectivity index (χ0v) is 22.7. The number of hydrogen-bond acceptors (Lipinski definition) is 10. The summed E-state index contributed by atoms with van der Waals surface area (Å²) < 4.78 is 58.2. The van der Waals surface area contributed by atoms with Gasteiger partial charge in [0.1, 0.15) is 29.0 Å². The first kappa shape index (κ1) is 30.6. The molecule has 1 unspecified atom stereocenters. The van der Waals surface area contributed by atoms with Crippen LogP contribution in [0.4, 0.5) is 18.4 Å². The third-order valence-corrected chi connectivity index (χ3v) is 7.92. The van der Waals surface area contributed by atoms with Crippen LogP contribution in [0.1, 0.15) is 27.5 Å². The van der Waals surface area contributed by atoms with E-state index < -0.39 is 111 Å². The topological polar surface area (TPSA) is 223 Å². The second-order valence-electron chi connectivity index (χ2n) is 9.15. The predicted molar refractivity (Wildman–Crippen MR) is 137 cm³/mol. The number of nitrogens with one attached hydrogen (secondary N) is 2. The SMILES string of the molecule is CS(=O)(=O)N1CCN(C(=O)NC(C(=O)N[C@H]2Cc3ccc(F)c(C(=O)O)c3OB2O)c2c(F)cc(O)c(O)c2Cl)C1=O. The van der Waals surface area contributed by atoms with Gasteiger partial charge in [-0.3, -0.25) is 4.79 Å². The lowest BCUT2D eigenvalue weighted by atomic mass is 9.72. The molecule has 0 aliphatic carbocycles. The van der Waals surface area contributed by atoms with Crippen LogP contribution in [-0.2, 0) is 21.2 Å². The number of carboxylic acid groups (broad SMARTS) is 1. The molecule has 1 fully saturated rings. The number of benzene rings is 2. The number of aromatic carboxylic acids is 1. The number of carbonyl (C=O) groups excluding carboxylic acids is 3. The van der Waals surface area contributed by atoms with Crippen LogP contribution in [0.3, 0.4) is 0 Å². The highest BCUT2D eigenvalue weighted by Crippen LogP contribution is 2.40. The van der Waals surface area contributed by atoms with Crippen molar-refractivity contribution in [1.82, 2.24) is 19.8 Å². The number of aromatic hydroxyl groups is 2. The van der Waals surface area contributed by atoms with Crippen LogP contribution >= 0.6 is 11.6 Å². The van der Waals surface area contributed by atoms with E-state index in [0.29, 0.717) is 15.3 Å². The molecular weight excluding hydrogens is 613 g/mol. The number of halogens is 3. The third-order valence-electron chi connectivity index (χ3n) is 6.40. The number of fused-ring (bicyclic) bond motifs is 1. The van der Waals surface area contributed by atoms with Gasteiger partial charge in [-0.25, -0.2) is 40.8 Å². The number of urea groups is 2. The summed E-state index contributed by atoms with van der Waals surface area (Å²) in [6.07, 6.45) is 0.384. The fourth-order valence-corrected chi connectivity index (χ4v) is 5.48. The Morgan fingerprint density at radius 1 is 1.19 bits per heavy atom. The molecule has 4 rings (SSSR count). The normalized spacial score (nSPS) is 17.4. The molecule has 0 saturated carbocycles. The molecule has 0 aromatic heterocycles. The largest absolute Gasteiger partial charge is 0.547 e. The Balaban J connectivity index is 1.66. The number of nitrogens with zero attached hydrogens (tertiary/aromatic N) is 2. The Morgan fingerprint density at radius 3 is 2.45 bits per heavy atom. The van der Waals surface area contributed by atoms with Crippen molar-refractivity contribution < 1.29 is 61.4 Å². The summed E-state index contributed by atoms with van der Waals surface area (Å²) in [5.41, 5.74) is -1.69. The molecule has 5 amide bonds. The summed E-state index contributed by atoms with van der Waals surface area (Å²) in [5.74, 6) is -9.53. The van der Waals surface area contributed by atoms with E-state index in [0.717, 1.165) is 18.4 Å². The smallest absolute Gasteiger partial charge is 0.534 e. The number of imide groups is 1. The molecule has 2 aromatic rings. The average molecular weight is 633 g/mol. The van der Waals surface area contributed by atoms with Crippen molar-refractivity contribution in [3.63, 3.8) is 0 Å². The highest BCUT2D eigenvalue weighted by Gasteiger charge is 2.43. The number of rotatable bonds is 6. The van der Waals surface area contributed by atoms with Gasteiger partial charge < -0.3 is 35.6 Å². The van der Waals surface area contributed by atoms with E-state index in [2.05, 4.69) is 5.32 Å². The Hall–Kier alpha value is -4.36. The van der Waals surface area contributed by atoms with E-state index in [1.165, 1.54) is 0 Å². The first-order valence-corrected chi connectivity index (χ1v) is 13.9. The molecule has 2 aliphatic rings. The Morgan fingerprint density at radius 2 is 1.86 bits per heavy atom. The van der Waals surface area contributed by atoms with Crippen molar-refractivity contribution in [3.8, 4) is 17.2 Å². The molecule has 0 radical (unpaired) electrons. The van der Waals surface area contributed by atoms with Gasteiger partial charge in [-0.2, -0.15) is 0 Å². The maximum Gasteiger partial charge on any atom is 0.547 e. The summed E-state index contributed by atoms with van der Waals surface area (Å²) in [6, 6.07) is -2.47. The molecule has 0 spiro atoms. The summed E-state index contributed by atoms with van der Waals surface area (Å²) in [7, 11) is -6.04. The maximum atomic E-state index is 15.0. The van der Waals surface area contributed by atoms with Gasteiger partial charge in [-0.05, 0) is 18.1 Å². The number of amides is 5. The molecule has 224 valence electrons. The van der Waals surface area contributed by atoms with E-state index in [-0.39, 0.29) is 12.0 Å². The molecule has 15 nitrogen and oxygen atoms in total. The minimum absolute atomic E-state index is 0.0556. The molecule has 42 heavy (non-hydrogen) atoms. The van der Waals surface area contributed by atoms with Gasteiger partial charge >= 0.3 is 25.1 Å². The second kappa shape index (κ2) is 11.1. The molecule has 1 saturated heterocycles. The monoisotopic (exact) mass is 632 g/mol. The summed E-state index contributed by atoms with van der Waals surface area (Å²) in [5, 5.41) is 42.9. The number of phenolic OH excluding ortho intramolecular Hbond substituents is 2. The van der Waals surface area contributed by atoms with Crippen molar-refractivity contribution in [2.24, 2.45) is 0 Å². The zero-order valence-electron chi connectivity index (χ0n) is 21.2. The van der Waals surface area contributed by atoms with Gasteiger partial charge in [-0.15, -0.1) is 0 Å². The number of carbonyl (C=O) groups is 4. The zero-order chi connectivity index (χ0) is 31.3. The van der Waals surface area contributed by atoms with Gasteiger partial charge in [0.25, 0.3) is 0 Å². The van der Waals surface area contributed by atoms with Crippen molar-refractivity contribution in [3.05, 3.63) is 51.5 Å².